The molecule has 1 aromatic heterocycles. The standard InChI is InChI=1S/C12H20Br2N2O/c1-4-16(8-12(2,3)7-15)6-9-5-10(13)11(14)17-9/h5H,4,6-8,15H2,1-3H3. The van der Waals surface area contributed by atoms with E-state index in [1.54, 1.807) is 0 Å². The lowest BCUT2D eigenvalue weighted by Crippen LogP contribution is -2.38. The topological polar surface area (TPSA) is 42.4 Å². The van der Waals surface area contributed by atoms with Gasteiger partial charge in [-0.1, -0.05) is 20.8 Å². The molecule has 3 nitrogen and oxygen atoms in total. The van der Waals surface area contributed by atoms with E-state index in [4.69, 9.17) is 10.2 Å². The van der Waals surface area contributed by atoms with Crippen molar-refractivity contribution < 1.29 is 4.42 Å². The van der Waals surface area contributed by atoms with Crippen LogP contribution in [0.2, 0.25) is 0 Å². The summed E-state index contributed by atoms with van der Waals surface area (Å²) in [5, 5.41) is 0. The molecule has 0 amide bonds. The first-order valence-corrected chi connectivity index (χ1v) is 7.32. The Hall–Kier alpha value is 0.160. The van der Waals surface area contributed by atoms with Gasteiger partial charge in [-0.15, -0.1) is 0 Å². The molecule has 0 aromatic carbocycles. The molecule has 1 rings (SSSR count). The quantitative estimate of drug-likeness (QED) is 0.834. The number of rotatable bonds is 6. The fourth-order valence-corrected chi connectivity index (χ4v) is 2.30. The van der Waals surface area contributed by atoms with E-state index in [1.165, 1.54) is 0 Å². The lowest BCUT2D eigenvalue weighted by atomic mass is 9.93. The summed E-state index contributed by atoms with van der Waals surface area (Å²) in [6.07, 6.45) is 0. The molecule has 0 unspecified atom stereocenters. The van der Waals surface area contributed by atoms with Gasteiger partial charge in [0.15, 0.2) is 4.67 Å². The second-order valence-electron chi connectivity index (χ2n) is 5.01. The minimum absolute atomic E-state index is 0.136. The molecule has 0 radical (unpaired) electrons. The molecule has 0 spiro atoms. The van der Waals surface area contributed by atoms with E-state index >= 15 is 0 Å². The maximum Gasteiger partial charge on any atom is 0.183 e. The van der Waals surface area contributed by atoms with Crippen LogP contribution in [0.3, 0.4) is 0 Å². The Morgan fingerprint density at radius 3 is 2.47 bits per heavy atom. The summed E-state index contributed by atoms with van der Waals surface area (Å²) >= 11 is 6.77. The Balaban J connectivity index is 2.64. The molecule has 17 heavy (non-hydrogen) atoms. The van der Waals surface area contributed by atoms with Crippen LogP contribution in [0, 0.1) is 5.41 Å². The van der Waals surface area contributed by atoms with Gasteiger partial charge in [0.05, 0.1) is 11.0 Å². The fraction of sp³-hybridized carbons (Fsp3) is 0.667. The van der Waals surface area contributed by atoms with Gasteiger partial charge in [0.25, 0.3) is 0 Å². The van der Waals surface area contributed by atoms with Crippen molar-refractivity contribution in [1.29, 1.82) is 0 Å². The zero-order valence-electron chi connectivity index (χ0n) is 10.6. The van der Waals surface area contributed by atoms with Crippen molar-refractivity contribution in [2.24, 2.45) is 11.1 Å². The van der Waals surface area contributed by atoms with E-state index in [0.717, 1.165) is 34.5 Å². The lowest BCUT2D eigenvalue weighted by molar-refractivity contribution is 0.172. The molecule has 98 valence electrons. The summed E-state index contributed by atoms with van der Waals surface area (Å²) in [5.74, 6) is 0.957. The third-order valence-electron chi connectivity index (χ3n) is 2.73. The Kier molecular flexibility index (Phi) is 5.70. The Morgan fingerprint density at radius 1 is 1.41 bits per heavy atom. The molecule has 0 saturated heterocycles. The maximum absolute atomic E-state index is 5.77. The number of hydrogen-bond donors (Lipinski definition) is 1. The van der Waals surface area contributed by atoms with Gasteiger partial charge in [0.2, 0.25) is 0 Å². The number of nitrogens with zero attached hydrogens (tertiary/aromatic N) is 1. The van der Waals surface area contributed by atoms with Crippen molar-refractivity contribution in [3.8, 4) is 0 Å². The van der Waals surface area contributed by atoms with Crippen LogP contribution in [-0.2, 0) is 6.54 Å². The number of hydrogen-bond acceptors (Lipinski definition) is 3. The summed E-state index contributed by atoms with van der Waals surface area (Å²) in [6.45, 7) is 9.97. The highest BCUT2D eigenvalue weighted by atomic mass is 79.9. The Morgan fingerprint density at radius 2 is 2.06 bits per heavy atom. The average molecular weight is 368 g/mol. The second kappa shape index (κ2) is 6.36. The van der Waals surface area contributed by atoms with Crippen LogP contribution in [0.25, 0.3) is 0 Å². The van der Waals surface area contributed by atoms with Crippen molar-refractivity contribution in [2.75, 3.05) is 19.6 Å². The monoisotopic (exact) mass is 366 g/mol. The summed E-state index contributed by atoms with van der Waals surface area (Å²) < 4.78 is 7.30. The largest absolute Gasteiger partial charge is 0.452 e. The van der Waals surface area contributed by atoms with Crippen molar-refractivity contribution in [3.63, 3.8) is 0 Å². The van der Waals surface area contributed by atoms with Crippen LogP contribution in [-0.4, -0.2) is 24.5 Å². The van der Waals surface area contributed by atoms with E-state index in [-0.39, 0.29) is 5.41 Å². The molecule has 0 aliphatic rings. The van der Waals surface area contributed by atoms with Crippen LogP contribution in [0.4, 0.5) is 0 Å². The average Bonchev–Trinajstić information content (AvgIpc) is 2.57. The van der Waals surface area contributed by atoms with E-state index < -0.39 is 0 Å². The number of nitrogens with two attached hydrogens (primary N) is 1. The third kappa shape index (κ3) is 4.73. The van der Waals surface area contributed by atoms with Gasteiger partial charge in [-0.3, -0.25) is 4.90 Å². The van der Waals surface area contributed by atoms with E-state index in [2.05, 4.69) is 57.5 Å². The molecule has 5 heteroatoms. The molecule has 1 aromatic rings. The minimum atomic E-state index is 0.136. The van der Waals surface area contributed by atoms with Gasteiger partial charge < -0.3 is 10.2 Å². The SMILES string of the molecule is CCN(Cc1cc(Br)c(Br)o1)CC(C)(C)CN. The molecule has 0 bridgehead atoms. The number of furan rings is 1. The van der Waals surface area contributed by atoms with Crippen molar-refractivity contribution in [3.05, 3.63) is 21.0 Å². The zero-order valence-corrected chi connectivity index (χ0v) is 13.8. The summed E-state index contributed by atoms with van der Waals surface area (Å²) in [7, 11) is 0. The summed E-state index contributed by atoms with van der Waals surface area (Å²) in [5.41, 5.74) is 5.90. The smallest absolute Gasteiger partial charge is 0.183 e. The minimum Gasteiger partial charge on any atom is -0.452 e. The molecule has 0 saturated carbocycles. The molecular weight excluding hydrogens is 348 g/mol. The van der Waals surface area contributed by atoms with Gasteiger partial charge in [-0.25, -0.2) is 0 Å². The van der Waals surface area contributed by atoms with Crippen LogP contribution in [0.15, 0.2) is 19.6 Å². The van der Waals surface area contributed by atoms with Crippen LogP contribution in [0.1, 0.15) is 26.5 Å². The maximum atomic E-state index is 5.77. The predicted molar refractivity (Wildman–Crippen MR) is 77.9 cm³/mol. The first kappa shape index (κ1) is 15.2. The molecule has 0 aliphatic heterocycles. The number of halogens is 2. The molecule has 0 fully saturated rings. The molecular formula is C12H20Br2N2O. The fourth-order valence-electron chi connectivity index (χ4n) is 1.64. The van der Waals surface area contributed by atoms with Gasteiger partial charge in [0, 0.05) is 6.54 Å². The van der Waals surface area contributed by atoms with Crippen molar-refractivity contribution >= 4 is 31.9 Å². The van der Waals surface area contributed by atoms with Gasteiger partial charge in [-0.05, 0) is 56.4 Å². The second-order valence-corrected chi connectivity index (χ2v) is 6.58. The zero-order chi connectivity index (χ0) is 13.1. The van der Waals surface area contributed by atoms with Crippen LogP contribution >= 0.6 is 31.9 Å². The van der Waals surface area contributed by atoms with Gasteiger partial charge in [0.1, 0.15) is 5.76 Å². The van der Waals surface area contributed by atoms with E-state index in [0.29, 0.717) is 6.54 Å². The highest BCUT2D eigenvalue weighted by Crippen LogP contribution is 2.28. The highest BCUT2D eigenvalue weighted by Gasteiger charge is 2.20. The molecule has 0 aliphatic carbocycles. The molecule has 2 N–H and O–H groups in total. The molecule has 1 heterocycles. The summed E-state index contributed by atoms with van der Waals surface area (Å²) in [6, 6.07) is 2.00. The van der Waals surface area contributed by atoms with E-state index in [1.807, 2.05) is 6.07 Å². The first-order chi connectivity index (χ1) is 7.88. The van der Waals surface area contributed by atoms with Crippen molar-refractivity contribution in [1.82, 2.24) is 4.90 Å². The normalized spacial score (nSPS) is 12.4. The highest BCUT2D eigenvalue weighted by molar-refractivity contribution is 9.13. The first-order valence-electron chi connectivity index (χ1n) is 5.74. The lowest BCUT2D eigenvalue weighted by Gasteiger charge is -2.30. The van der Waals surface area contributed by atoms with E-state index in [9.17, 15) is 0 Å². The summed E-state index contributed by atoms with van der Waals surface area (Å²) in [4.78, 5) is 2.34. The van der Waals surface area contributed by atoms with Crippen molar-refractivity contribution in [2.45, 2.75) is 27.3 Å². The third-order valence-corrected chi connectivity index (χ3v) is 4.44. The predicted octanol–water partition coefficient (Wildman–Crippen LogP) is 3.61. The van der Waals surface area contributed by atoms with Crippen LogP contribution in [0.5, 0.6) is 0 Å². The molecule has 0 atom stereocenters. The Bertz CT molecular complexity index is 344. The van der Waals surface area contributed by atoms with Gasteiger partial charge >= 0.3 is 0 Å². The van der Waals surface area contributed by atoms with Crippen LogP contribution < -0.4 is 5.73 Å². The van der Waals surface area contributed by atoms with Gasteiger partial charge in [-0.2, -0.15) is 0 Å². The Labute approximate surface area is 120 Å².